The van der Waals surface area contributed by atoms with Crippen LogP contribution in [0, 0.1) is 6.92 Å². The number of esters is 1. The molecule has 0 N–H and O–H groups in total. The van der Waals surface area contributed by atoms with Crippen molar-refractivity contribution in [1.29, 1.82) is 0 Å². The number of carbonyl (C=O) groups is 2. The number of nitrogens with zero attached hydrogens (tertiary/aromatic N) is 1. The van der Waals surface area contributed by atoms with Gasteiger partial charge in [-0.15, -0.1) is 0 Å². The van der Waals surface area contributed by atoms with Gasteiger partial charge in [0.05, 0.1) is 7.11 Å². The van der Waals surface area contributed by atoms with Crippen LogP contribution in [0.1, 0.15) is 23.0 Å². The molecule has 4 nitrogen and oxygen atoms in total. The molecule has 1 aromatic heterocycles. The van der Waals surface area contributed by atoms with Gasteiger partial charge < -0.3 is 4.74 Å². The summed E-state index contributed by atoms with van der Waals surface area (Å²) in [4.78, 5) is 22.2. The Morgan fingerprint density at radius 1 is 1.40 bits per heavy atom. The van der Waals surface area contributed by atoms with Gasteiger partial charge in [-0.05, 0) is 6.07 Å². The summed E-state index contributed by atoms with van der Waals surface area (Å²) in [6.45, 7) is 3.66. The van der Waals surface area contributed by atoms with Crippen LogP contribution in [0.3, 0.4) is 0 Å². The molecule has 0 unspecified atom stereocenters. The lowest BCUT2D eigenvalue weighted by Crippen LogP contribution is -2.40. The Morgan fingerprint density at radius 3 is 2.60 bits per heavy atom. The second kappa shape index (κ2) is 4.68. The van der Waals surface area contributed by atoms with Crippen LogP contribution < -0.4 is 4.57 Å². The molecule has 0 aromatic carbocycles. The van der Waals surface area contributed by atoms with E-state index in [0.717, 1.165) is 5.69 Å². The minimum Gasteiger partial charge on any atom is -0.465 e. The first-order valence-electron chi connectivity index (χ1n) is 4.62. The van der Waals surface area contributed by atoms with E-state index < -0.39 is 5.97 Å². The molecule has 0 amide bonds. The van der Waals surface area contributed by atoms with Gasteiger partial charge in [-0.2, -0.15) is 4.57 Å². The highest BCUT2D eigenvalue weighted by Gasteiger charge is 2.14. The first-order valence-corrected chi connectivity index (χ1v) is 4.62. The molecule has 0 aliphatic carbocycles. The van der Waals surface area contributed by atoms with Gasteiger partial charge in [-0.3, -0.25) is 4.79 Å². The predicted octanol–water partition coefficient (Wildman–Crippen LogP) is 0.658. The van der Waals surface area contributed by atoms with E-state index in [-0.39, 0.29) is 12.3 Å². The number of carbonyl (C=O) groups excluding carboxylic acids is 2. The van der Waals surface area contributed by atoms with Gasteiger partial charge >= 0.3 is 5.97 Å². The van der Waals surface area contributed by atoms with Crippen LogP contribution >= 0.6 is 0 Å². The smallest absolute Gasteiger partial charge is 0.343 e. The Morgan fingerprint density at radius 2 is 2.07 bits per heavy atom. The zero-order valence-electron chi connectivity index (χ0n) is 9.11. The zero-order chi connectivity index (χ0) is 11.4. The van der Waals surface area contributed by atoms with E-state index in [4.69, 9.17) is 0 Å². The Labute approximate surface area is 88.5 Å². The third-order valence-electron chi connectivity index (χ3n) is 2.07. The largest absolute Gasteiger partial charge is 0.465 e. The van der Waals surface area contributed by atoms with E-state index in [1.165, 1.54) is 14.0 Å². The second-order valence-corrected chi connectivity index (χ2v) is 3.38. The summed E-state index contributed by atoms with van der Waals surface area (Å²) in [7, 11) is 1.33. The first-order chi connectivity index (χ1) is 7.04. The Bertz CT molecular complexity index is 399. The molecule has 0 aliphatic heterocycles. The number of pyridine rings is 1. The van der Waals surface area contributed by atoms with Crippen LogP contribution in [0.25, 0.3) is 0 Å². The third-order valence-corrected chi connectivity index (χ3v) is 2.07. The molecule has 0 saturated carbocycles. The lowest BCUT2D eigenvalue weighted by molar-refractivity contribution is -0.690. The van der Waals surface area contributed by atoms with Gasteiger partial charge in [0.15, 0.2) is 17.7 Å². The molecule has 1 rings (SSSR count). The minimum absolute atomic E-state index is 0.0464. The quantitative estimate of drug-likeness (QED) is 0.541. The molecular weight excluding hydrogens is 194 g/mol. The number of ether oxygens (including phenoxy) is 1. The van der Waals surface area contributed by atoms with Gasteiger partial charge in [-0.25, -0.2) is 4.79 Å². The van der Waals surface area contributed by atoms with E-state index in [2.05, 4.69) is 4.74 Å². The fraction of sp³-hybridized carbons (Fsp3) is 0.364. The Hall–Kier alpha value is -1.71. The molecule has 0 fully saturated rings. The maximum Gasteiger partial charge on any atom is 0.343 e. The summed E-state index contributed by atoms with van der Waals surface area (Å²) < 4.78 is 6.33. The number of aromatic nitrogens is 1. The van der Waals surface area contributed by atoms with Crippen molar-refractivity contribution in [3.05, 3.63) is 29.6 Å². The topological polar surface area (TPSA) is 47.2 Å². The third kappa shape index (κ3) is 2.87. The predicted molar refractivity (Wildman–Crippen MR) is 53.4 cm³/mol. The molecule has 0 spiro atoms. The van der Waals surface area contributed by atoms with Crippen LogP contribution in [0.5, 0.6) is 0 Å². The molecular formula is C11H14NO3+. The van der Waals surface area contributed by atoms with Gasteiger partial charge in [-0.1, -0.05) is 0 Å². The average Bonchev–Trinajstić information content (AvgIpc) is 2.19. The fourth-order valence-electron chi connectivity index (χ4n) is 1.27. The zero-order valence-corrected chi connectivity index (χ0v) is 9.11. The molecule has 80 valence electrons. The van der Waals surface area contributed by atoms with Crippen molar-refractivity contribution in [3.8, 4) is 0 Å². The molecule has 15 heavy (non-hydrogen) atoms. The fourth-order valence-corrected chi connectivity index (χ4v) is 1.27. The highest BCUT2D eigenvalue weighted by Crippen LogP contribution is 1.99. The lowest BCUT2D eigenvalue weighted by Gasteiger charge is -2.01. The van der Waals surface area contributed by atoms with Crippen LogP contribution in [-0.2, 0) is 16.1 Å². The van der Waals surface area contributed by atoms with Crippen LogP contribution in [0.15, 0.2) is 18.3 Å². The summed E-state index contributed by atoms with van der Waals surface area (Å²) in [6.07, 6.45) is 1.63. The summed E-state index contributed by atoms with van der Waals surface area (Å²) in [5.41, 5.74) is 1.38. The van der Waals surface area contributed by atoms with Crippen LogP contribution in [0.2, 0.25) is 0 Å². The van der Waals surface area contributed by atoms with E-state index in [1.807, 2.05) is 6.92 Å². The van der Waals surface area contributed by atoms with Crippen molar-refractivity contribution in [2.24, 2.45) is 0 Å². The number of rotatable bonds is 3. The number of hydrogen-bond donors (Lipinski definition) is 0. The normalized spacial score (nSPS) is 9.80. The van der Waals surface area contributed by atoms with Gasteiger partial charge in [0.2, 0.25) is 6.54 Å². The molecule has 0 radical (unpaired) electrons. The number of Topliss-reactive ketones (excluding diaryl/α,β-unsaturated/α-hetero) is 1. The van der Waals surface area contributed by atoms with Crippen molar-refractivity contribution >= 4 is 11.8 Å². The second-order valence-electron chi connectivity index (χ2n) is 3.38. The minimum atomic E-state index is -0.396. The van der Waals surface area contributed by atoms with E-state index in [0.29, 0.717) is 5.56 Å². The number of aryl methyl sites for hydroxylation is 1. The summed E-state index contributed by atoms with van der Waals surface area (Å²) >= 11 is 0. The molecule has 1 heterocycles. The number of hydrogen-bond acceptors (Lipinski definition) is 3. The molecule has 0 bridgehead atoms. The summed E-state index contributed by atoms with van der Waals surface area (Å²) in [5.74, 6) is -0.350. The number of methoxy groups -OCH3 is 1. The van der Waals surface area contributed by atoms with Crippen molar-refractivity contribution in [2.45, 2.75) is 20.4 Å². The van der Waals surface area contributed by atoms with Crippen molar-refractivity contribution in [3.63, 3.8) is 0 Å². The molecule has 1 aromatic rings. The molecule has 4 heteroatoms. The van der Waals surface area contributed by atoms with Crippen molar-refractivity contribution < 1.29 is 18.9 Å². The Kier molecular flexibility index (Phi) is 3.55. The first kappa shape index (κ1) is 11.4. The van der Waals surface area contributed by atoms with Crippen molar-refractivity contribution in [1.82, 2.24) is 0 Å². The van der Waals surface area contributed by atoms with E-state index >= 15 is 0 Å². The van der Waals surface area contributed by atoms with Crippen molar-refractivity contribution in [2.75, 3.05) is 7.11 Å². The highest BCUT2D eigenvalue weighted by molar-refractivity contribution is 5.88. The number of ketones is 1. The Balaban J connectivity index is 3.05. The van der Waals surface area contributed by atoms with E-state index in [1.54, 1.807) is 22.9 Å². The van der Waals surface area contributed by atoms with Gasteiger partial charge in [0, 0.05) is 19.9 Å². The van der Waals surface area contributed by atoms with E-state index in [9.17, 15) is 9.59 Å². The van der Waals surface area contributed by atoms with Crippen LogP contribution in [-0.4, -0.2) is 18.9 Å². The molecule has 0 saturated heterocycles. The molecule has 0 atom stereocenters. The van der Waals surface area contributed by atoms with Gasteiger partial charge in [0.25, 0.3) is 0 Å². The monoisotopic (exact) mass is 208 g/mol. The highest BCUT2D eigenvalue weighted by atomic mass is 16.5. The molecule has 0 aliphatic rings. The van der Waals surface area contributed by atoms with Crippen LogP contribution in [0.4, 0.5) is 0 Å². The van der Waals surface area contributed by atoms with Gasteiger partial charge in [0.1, 0.15) is 5.56 Å². The maximum absolute atomic E-state index is 11.2. The maximum atomic E-state index is 11.2. The summed E-state index contributed by atoms with van der Waals surface area (Å²) in [5, 5.41) is 0. The SMILES string of the molecule is COC(=O)c1ccc(C)[n+](CC(C)=O)c1. The lowest BCUT2D eigenvalue weighted by atomic mass is 10.2. The average molecular weight is 208 g/mol. The summed E-state index contributed by atoms with van der Waals surface area (Å²) in [6, 6.07) is 3.47. The standard InChI is InChI=1S/C11H14NO3/c1-8-4-5-10(11(14)15-3)7-12(8)6-9(2)13/h4-5,7H,6H2,1-3H3/q+1.